The van der Waals surface area contributed by atoms with Crippen molar-refractivity contribution in [2.75, 3.05) is 11.9 Å². The molecule has 0 saturated heterocycles. The van der Waals surface area contributed by atoms with E-state index in [9.17, 15) is 9.59 Å². The van der Waals surface area contributed by atoms with Gasteiger partial charge in [0.05, 0.1) is 6.30 Å². The average Bonchev–Trinajstić information content (AvgIpc) is 2.61. The summed E-state index contributed by atoms with van der Waals surface area (Å²) in [4.78, 5) is 28.1. The standard InChI is InChI=1S/C9H11N3O2/c1-5-7(13)6-8(10-4-11(6)2)12(3)9(5)14/h4-5H,1-3H3/i1D3,2D3,3D3,4D. The number of anilines is 1. The third-order valence-corrected chi connectivity index (χ3v) is 1.87. The molecular weight excluding hydrogens is 182 g/mol. The van der Waals surface area contributed by atoms with Gasteiger partial charge in [-0.1, -0.05) is 0 Å². The molecule has 74 valence electrons. The van der Waals surface area contributed by atoms with E-state index in [1.54, 1.807) is 0 Å². The highest BCUT2D eigenvalue weighted by Crippen LogP contribution is 2.27. The van der Waals surface area contributed by atoms with Gasteiger partial charge in [0.25, 0.3) is 0 Å². The van der Waals surface area contributed by atoms with Crippen LogP contribution in [0.5, 0.6) is 0 Å². The van der Waals surface area contributed by atoms with Gasteiger partial charge in [-0.05, 0) is 6.85 Å². The SMILES string of the molecule is [2H]c1nc2c(n1C([2H])([2H])[2H])C(=O)C(C([2H])([2H])[2H])C(=O)N2C([2H])([2H])[2H]. The molecule has 14 heavy (non-hydrogen) atoms. The Morgan fingerprint density at radius 3 is 3.07 bits per heavy atom. The molecule has 1 aromatic heterocycles. The molecule has 1 aromatic rings. The van der Waals surface area contributed by atoms with Crippen LogP contribution in [-0.2, 0) is 11.8 Å². The molecule has 0 bridgehead atoms. The zero-order valence-corrected chi connectivity index (χ0v) is 6.74. The second-order valence-corrected chi connectivity index (χ2v) is 2.69. The number of ketones is 1. The van der Waals surface area contributed by atoms with E-state index in [4.69, 9.17) is 13.7 Å². The van der Waals surface area contributed by atoms with Gasteiger partial charge in [0, 0.05) is 26.3 Å². The van der Waals surface area contributed by atoms with Crippen LogP contribution in [-0.4, -0.2) is 28.2 Å². The van der Waals surface area contributed by atoms with Gasteiger partial charge in [0.15, 0.2) is 11.6 Å². The summed E-state index contributed by atoms with van der Waals surface area (Å²) in [5, 5.41) is 0. The third-order valence-electron chi connectivity index (χ3n) is 1.87. The molecule has 5 nitrogen and oxygen atoms in total. The Morgan fingerprint density at radius 2 is 2.43 bits per heavy atom. The third kappa shape index (κ3) is 0.921. The normalized spacial score (nSPS) is 34.6. The first kappa shape index (κ1) is 2.92. The molecule has 0 fully saturated rings. The van der Waals surface area contributed by atoms with Crippen LogP contribution in [0.2, 0.25) is 0 Å². The second-order valence-electron chi connectivity index (χ2n) is 2.69. The van der Waals surface area contributed by atoms with Crippen LogP contribution in [0.25, 0.3) is 0 Å². The van der Waals surface area contributed by atoms with Gasteiger partial charge in [-0.15, -0.1) is 0 Å². The molecule has 1 aliphatic heterocycles. The van der Waals surface area contributed by atoms with Crippen LogP contribution >= 0.6 is 0 Å². The Kier molecular flexibility index (Phi) is 0.556. The summed E-state index contributed by atoms with van der Waals surface area (Å²) < 4.78 is 73.9. The summed E-state index contributed by atoms with van der Waals surface area (Å²) >= 11 is 0. The number of aromatic nitrogens is 2. The molecule has 0 spiro atoms. The number of rotatable bonds is 0. The van der Waals surface area contributed by atoms with Crippen molar-refractivity contribution in [1.29, 1.82) is 0 Å². The van der Waals surface area contributed by atoms with E-state index in [1.165, 1.54) is 0 Å². The molecule has 0 aliphatic carbocycles. The van der Waals surface area contributed by atoms with Crippen molar-refractivity contribution in [3.8, 4) is 0 Å². The molecule has 1 aliphatic rings. The van der Waals surface area contributed by atoms with E-state index in [-0.39, 0.29) is 9.47 Å². The van der Waals surface area contributed by atoms with Crippen LogP contribution in [0.15, 0.2) is 6.30 Å². The fourth-order valence-electron chi connectivity index (χ4n) is 1.16. The molecular formula is C9H11N3O2. The molecule has 2 heterocycles. The Morgan fingerprint density at radius 1 is 1.57 bits per heavy atom. The van der Waals surface area contributed by atoms with Gasteiger partial charge >= 0.3 is 0 Å². The predicted molar refractivity (Wildman–Crippen MR) is 50.1 cm³/mol. The lowest BCUT2D eigenvalue weighted by Crippen LogP contribution is -2.41. The Labute approximate surface area is 95.4 Å². The number of hydrogen-bond donors (Lipinski definition) is 0. The number of carbonyl (C=O) groups is 2. The van der Waals surface area contributed by atoms with Gasteiger partial charge in [-0.25, -0.2) is 4.98 Å². The van der Waals surface area contributed by atoms with Crippen molar-refractivity contribution in [3.63, 3.8) is 0 Å². The number of nitrogens with zero attached hydrogens (tertiary/aromatic N) is 3. The summed E-state index contributed by atoms with van der Waals surface area (Å²) in [6.45, 7) is -9.49. The minimum Gasteiger partial charge on any atom is -0.329 e. The average molecular weight is 203 g/mol. The second kappa shape index (κ2) is 2.67. The van der Waals surface area contributed by atoms with Gasteiger partial charge < -0.3 is 4.57 Å². The zero-order chi connectivity index (χ0) is 18.8. The van der Waals surface area contributed by atoms with E-state index < -0.39 is 56.2 Å². The highest BCUT2D eigenvalue weighted by atomic mass is 16.2. The first-order valence-electron chi connectivity index (χ1n) is 8.56. The lowest BCUT2D eigenvalue weighted by molar-refractivity contribution is -0.120. The first-order valence-corrected chi connectivity index (χ1v) is 3.56. The van der Waals surface area contributed by atoms with E-state index in [0.29, 0.717) is 0 Å². The number of carbonyl (C=O) groups excluding carboxylic acids is 2. The number of hydrogen-bond acceptors (Lipinski definition) is 3. The van der Waals surface area contributed by atoms with Crippen LogP contribution in [0, 0.1) is 5.92 Å². The summed E-state index contributed by atoms with van der Waals surface area (Å²) in [7, 11) is 0. The highest BCUT2D eigenvalue weighted by molar-refractivity contribution is 6.19. The Hall–Kier alpha value is -1.65. The molecule has 0 saturated carbocycles. The van der Waals surface area contributed by atoms with Gasteiger partial charge in [-0.3, -0.25) is 14.5 Å². The summed E-state index contributed by atoms with van der Waals surface area (Å²) in [6.07, 6.45) is -0.985. The molecule has 0 N–H and O–H groups in total. The highest BCUT2D eigenvalue weighted by Gasteiger charge is 2.37. The van der Waals surface area contributed by atoms with Gasteiger partial charge in [0.1, 0.15) is 13.0 Å². The summed E-state index contributed by atoms with van der Waals surface area (Å²) in [5.74, 6) is -6.19. The minimum absolute atomic E-state index is 0.0128. The van der Waals surface area contributed by atoms with Crippen molar-refractivity contribution >= 4 is 17.5 Å². The maximum atomic E-state index is 12.4. The molecule has 2 rings (SSSR count). The summed E-state index contributed by atoms with van der Waals surface area (Å²) in [5.41, 5.74) is -0.906. The number of amides is 1. The number of Topliss-reactive ketones (excluding diaryl/α,β-unsaturated/α-hetero) is 1. The van der Waals surface area contributed by atoms with E-state index in [0.717, 1.165) is 0 Å². The van der Waals surface area contributed by atoms with Gasteiger partial charge in [0.2, 0.25) is 5.91 Å². The fraction of sp³-hybridized carbons (Fsp3) is 0.444. The smallest absolute Gasteiger partial charge is 0.238 e. The van der Waals surface area contributed by atoms with Crippen LogP contribution in [0.3, 0.4) is 0 Å². The van der Waals surface area contributed by atoms with Gasteiger partial charge in [-0.2, -0.15) is 0 Å². The topological polar surface area (TPSA) is 55.2 Å². The molecule has 0 radical (unpaired) electrons. The molecule has 1 atom stereocenters. The minimum atomic E-state index is -3.21. The quantitative estimate of drug-likeness (QED) is 0.567. The van der Waals surface area contributed by atoms with Crippen molar-refractivity contribution in [2.45, 2.75) is 6.85 Å². The largest absolute Gasteiger partial charge is 0.329 e. The van der Waals surface area contributed by atoms with Crippen LogP contribution in [0.4, 0.5) is 5.82 Å². The van der Waals surface area contributed by atoms with E-state index in [1.807, 2.05) is 0 Å². The van der Waals surface area contributed by atoms with Crippen LogP contribution < -0.4 is 4.90 Å². The number of fused-ring (bicyclic) bond motifs is 1. The zero-order valence-electron chi connectivity index (χ0n) is 16.7. The van der Waals surface area contributed by atoms with Crippen molar-refractivity contribution in [3.05, 3.63) is 12.0 Å². The van der Waals surface area contributed by atoms with E-state index >= 15 is 0 Å². The van der Waals surface area contributed by atoms with Crippen molar-refractivity contribution in [1.82, 2.24) is 9.55 Å². The maximum absolute atomic E-state index is 12.4. The molecule has 1 unspecified atom stereocenters. The lowest BCUT2D eigenvalue weighted by Gasteiger charge is -2.25. The lowest BCUT2D eigenvalue weighted by atomic mass is 9.98. The molecule has 0 aromatic carbocycles. The maximum Gasteiger partial charge on any atom is 0.238 e. The monoisotopic (exact) mass is 203 g/mol. The Balaban J connectivity index is 2.86. The van der Waals surface area contributed by atoms with E-state index in [2.05, 4.69) is 4.98 Å². The first-order chi connectivity index (χ1) is 10.6. The Bertz CT molecular complexity index is 713. The fourth-order valence-corrected chi connectivity index (χ4v) is 1.16. The molecule has 5 heteroatoms. The van der Waals surface area contributed by atoms with Crippen molar-refractivity contribution < 1.29 is 23.3 Å². The van der Waals surface area contributed by atoms with Crippen LogP contribution in [0.1, 0.15) is 31.0 Å². The predicted octanol–water partition coefficient (Wildman–Crippen LogP) is 0.215. The number of imidazole rings is 1. The summed E-state index contributed by atoms with van der Waals surface area (Å²) in [6, 6.07) is 0. The molecule has 1 amide bonds. The van der Waals surface area contributed by atoms with Crippen molar-refractivity contribution in [2.24, 2.45) is 12.9 Å².